The summed E-state index contributed by atoms with van der Waals surface area (Å²) in [4.78, 5) is 2.42. The summed E-state index contributed by atoms with van der Waals surface area (Å²) in [5, 5.41) is 3.48. The number of hydrogen-bond donors (Lipinski definition) is 1. The first kappa shape index (κ1) is 14.6. The molecule has 0 atom stereocenters. The van der Waals surface area contributed by atoms with Crippen LogP contribution in [0.25, 0.3) is 0 Å². The third-order valence-electron chi connectivity index (χ3n) is 4.04. The van der Waals surface area contributed by atoms with Crippen molar-refractivity contribution in [3.05, 3.63) is 23.2 Å². The first-order valence-electron chi connectivity index (χ1n) is 7.55. The van der Waals surface area contributed by atoms with E-state index in [1.807, 2.05) is 0 Å². The third-order valence-corrected chi connectivity index (χ3v) is 4.04. The van der Waals surface area contributed by atoms with Gasteiger partial charge in [0.2, 0.25) is 0 Å². The molecule has 1 saturated carbocycles. The molecule has 1 aromatic heterocycles. The van der Waals surface area contributed by atoms with E-state index in [9.17, 15) is 0 Å². The molecule has 0 saturated heterocycles. The molecular weight excluding hydrogens is 236 g/mol. The Labute approximate surface area is 117 Å². The van der Waals surface area contributed by atoms with Gasteiger partial charge in [0.05, 0.1) is 6.54 Å². The second-order valence-corrected chi connectivity index (χ2v) is 6.32. The van der Waals surface area contributed by atoms with Crippen LogP contribution >= 0.6 is 0 Å². The van der Waals surface area contributed by atoms with E-state index in [0.29, 0.717) is 5.92 Å². The number of nitrogens with one attached hydrogen (secondary N) is 1. The smallest absolute Gasteiger partial charge is 0.118 e. The Kier molecular flexibility index (Phi) is 5.06. The van der Waals surface area contributed by atoms with Crippen LogP contribution in [0.1, 0.15) is 50.2 Å². The lowest BCUT2D eigenvalue weighted by Crippen LogP contribution is -2.36. The maximum Gasteiger partial charge on any atom is 0.118 e. The highest BCUT2D eigenvalue weighted by Crippen LogP contribution is 2.25. The summed E-state index contributed by atoms with van der Waals surface area (Å²) in [6.45, 7) is 9.44. The van der Waals surface area contributed by atoms with Gasteiger partial charge in [0.15, 0.2) is 0 Å². The van der Waals surface area contributed by atoms with E-state index in [-0.39, 0.29) is 0 Å². The zero-order valence-corrected chi connectivity index (χ0v) is 12.8. The van der Waals surface area contributed by atoms with Crippen LogP contribution in [0.3, 0.4) is 0 Å². The standard InChI is InChI=1S/C16H28N2O/c1-12(2)9-17-10-14-8-16(19-13(14)3)11-18(4)15-6-5-7-15/h8,12,15,17H,5-7,9-11H2,1-4H3. The fourth-order valence-electron chi connectivity index (χ4n) is 2.54. The highest BCUT2D eigenvalue weighted by molar-refractivity contribution is 5.20. The highest BCUT2D eigenvalue weighted by Gasteiger charge is 2.22. The van der Waals surface area contributed by atoms with Crippen molar-refractivity contribution < 1.29 is 4.42 Å². The van der Waals surface area contributed by atoms with Crippen molar-refractivity contribution in [3.8, 4) is 0 Å². The number of rotatable bonds is 7. The normalized spacial score (nSPS) is 16.3. The van der Waals surface area contributed by atoms with E-state index >= 15 is 0 Å². The van der Waals surface area contributed by atoms with Gasteiger partial charge in [0, 0.05) is 18.2 Å². The molecule has 0 aliphatic heterocycles. The van der Waals surface area contributed by atoms with Crippen molar-refractivity contribution in [2.24, 2.45) is 5.92 Å². The zero-order valence-electron chi connectivity index (χ0n) is 12.8. The van der Waals surface area contributed by atoms with Gasteiger partial charge < -0.3 is 9.73 Å². The molecular formula is C16H28N2O. The molecule has 108 valence electrons. The molecule has 0 amide bonds. The van der Waals surface area contributed by atoms with E-state index in [1.54, 1.807) is 0 Å². The van der Waals surface area contributed by atoms with Gasteiger partial charge >= 0.3 is 0 Å². The van der Waals surface area contributed by atoms with Crippen molar-refractivity contribution in [2.45, 2.75) is 59.2 Å². The Morgan fingerprint density at radius 3 is 2.74 bits per heavy atom. The minimum Gasteiger partial charge on any atom is -0.465 e. The van der Waals surface area contributed by atoms with Crippen LogP contribution in [0.2, 0.25) is 0 Å². The average molecular weight is 264 g/mol. The summed E-state index contributed by atoms with van der Waals surface area (Å²) in [5.41, 5.74) is 1.30. The lowest BCUT2D eigenvalue weighted by molar-refractivity contribution is 0.142. The Bertz CT molecular complexity index is 393. The van der Waals surface area contributed by atoms with Gasteiger partial charge in [0.1, 0.15) is 11.5 Å². The number of furan rings is 1. The van der Waals surface area contributed by atoms with E-state index in [4.69, 9.17) is 4.42 Å². The maximum absolute atomic E-state index is 5.88. The first-order valence-corrected chi connectivity index (χ1v) is 7.55. The monoisotopic (exact) mass is 264 g/mol. The van der Waals surface area contributed by atoms with Gasteiger partial charge in [-0.1, -0.05) is 20.3 Å². The quantitative estimate of drug-likeness (QED) is 0.819. The molecule has 0 unspecified atom stereocenters. The molecule has 19 heavy (non-hydrogen) atoms. The van der Waals surface area contributed by atoms with Crippen LogP contribution < -0.4 is 5.32 Å². The van der Waals surface area contributed by atoms with Crippen molar-refractivity contribution in [1.82, 2.24) is 10.2 Å². The average Bonchev–Trinajstić information content (AvgIpc) is 2.55. The number of nitrogens with zero attached hydrogens (tertiary/aromatic N) is 1. The molecule has 3 nitrogen and oxygen atoms in total. The Morgan fingerprint density at radius 1 is 1.42 bits per heavy atom. The predicted octanol–water partition coefficient (Wildman–Crippen LogP) is 3.32. The topological polar surface area (TPSA) is 28.4 Å². The van der Waals surface area contributed by atoms with Crippen molar-refractivity contribution in [2.75, 3.05) is 13.6 Å². The summed E-state index contributed by atoms with van der Waals surface area (Å²) in [5.74, 6) is 2.86. The second-order valence-electron chi connectivity index (χ2n) is 6.32. The predicted molar refractivity (Wildman–Crippen MR) is 79.1 cm³/mol. The molecule has 0 aromatic carbocycles. The van der Waals surface area contributed by atoms with Gasteiger partial charge in [-0.3, -0.25) is 4.90 Å². The molecule has 1 aliphatic rings. The van der Waals surface area contributed by atoms with E-state index in [2.05, 4.69) is 44.1 Å². The molecule has 1 aliphatic carbocycles. The summed E-state index contributed by atoms with van der Waals surface area (Å²) < 4.78 is 5.88. The van der Waals surface area contributed by atoms with Gasteiger partial charge in [-0.15, -0.1) is 0 Å². The molecule has 1 fully saturated rings. The highest BCUT2D eigenvalue weighted by atomic mass is 16.3. The fourth-order valence-corrected chi connectivity index (χ4v) is 2.54. The minimum atomic E-state index is 0.691. The van der Waals surface area contributed by atoms with Gasteiger partial charge in [-0.05, 0) is 45.3 Å². The molecule has 1 aromatic rings. The second kappa shape index (κ2) is 6.58. The van der Waals surface area contributed by atoms with Crippen LogP contribution in [-0.4, -0.2) is 24.5 Å². The Morgan fingerprint density at radius 2 is 2.16 bits per heavy atom. The molecule has 0 bridgehead atoms. The molecule has 1 heterocycles. The van der Waals surface area contributed by atoms with E-state index in [0.717, 1.165) is 37.2 Å². The SMILES string of the molecule is Cc1oc(CN(C)C2CCC2)cc1CNCC(C)C. The lowest BCUT2D eigenvalue weighted by Gasteiger charge is -2.34. The Balaban J connectivity index is 1.84. The molecule has 3 heteroatoms. The van der Waals surface area contributed by atoms with Gasteiger partial charge in [0.25, 0.3) is 0 Å². The van der Waals surface area contributed by atoms with E-state index < -0.39 is 0 Å². The first-order chi connectivity index (χ1) is 9.06. The van der Waals surface area contributed by atoms with Crippen LogP contribution in [0.5, 0.6) is 0 Å². The number of aryl methyl sites for hydroxylation is 1. The molecule has 2 rings (SSSR count). The van der Waals surface area contributed by atoms with Crippen molar-refractivity contribution in [1.29, 1.82) is 0 Å². The lowest BCUT2D eigenvalue weighted by atomic mass is 9.92. The maximum atomic E-state index is 5.88. The number of hydrogen-bond acceptors (Lipinski definition) is 3. The Hall–Kier alpha value is -0.800. The largest absolute Gasteiger partial charge is 0.465 e. The van der Waals surface area contributed by atoms with E-state index in [1.165, 1.54) is 24.8 Å². The van der Waals surface area contributed by atoms with Gasteiger partial charge in [-0.2, -0.15) is 0 Å². The zero-order chi connectivity index (χ0) is 13.8. The summed E-state index contributed by atoms with van der Waals surface area (Å²) in [7, 11) is 2.21. The van der Waals surface area contributed by atoms with Gasteiger partial charge in [-0.25, -0.2) is 0 Å². The molecule has 0 spiro atoms. The third kappa shape index (κ3) is 4.08. The van der Waals surface area contributed by atoms with Crippen molar-refractivity contribution in [3.63, 3.8) is 0 Å². The molecule has 1 N–H and O–H groups in total. The summed E-state index contributed by atoms with van der Waals surface area (Å²) >= 11 is 0. The minimum absolute atomic E-state index is 0.691. The van der Waals surface area contributed by atoms with Crippen LogP contribution in [-0.2, 0) is 13.1 Å². The fraction of sp³-hybridized carbons (Fsp3) is 0.750. The summed E-state index contributed by atoms with van der Waals surface area (Å²) in [6, 6.07) is 2.99. The van der Waals surface area contributed by atoms with Crippen LogP contribution in [0.15, 0.2) is 10.5 Å². The summed E-state index contributed by atoms with van der Waals surface area (Å²) in [6.07, 6.45) is 4.08. The van der Waals surface area contributed by atoms with Crippen LogP contribution in [0, 0.1) is 12.8 Å². The molecule has 0 radical (unpaired) electrons. The van der Waals surface area contributed by atoms with Crippen LogP contribution in [0.4, 0.5) is 0 Å². The van der Waals surface area contributed by atoms with Crippen molar-refractivity contribution >= 4 is 0 Å².